The van der Waals surface area contributed by atoms with Crippen LogP contribution in [0, 0.1) is 0 Å². The number of nitrogens with zero attached hydrogens (tertiary/aromatic N) is 2. The summed E-state index contributed by atoms with van der Waals surface area (Å²) in [5.74, 6) is -0.179. The minimum absolute atomic E-state index is 0.179. The van der Waals surface area contributed by atoms with Crippen molar-refractivity contribution in [2.24, 2.45) is 7.05 Å². The van der Waals surface area contributed by atoms with Crippen LogP contribution in [0.15, 0.2) is 30.7 Å². The van der Waals surface area contributed by atoms with E-state index in [2.05, 4.69) is 15.6 Å². The second kappa shape index (κ2) is 4.18. The Morgan fingerprint density at radius 1 is 1.50 bits per heavy atom. The number of aryl methyl sites for hydroxylation is 1. The van der Waals surface area contributed by atoms with Gasteiger partial charge in [-0.05, 0) is 30.2 Å². The Labute approximate surface area is 105 Å². The lowest BCUT2D eigenvalue weighted by Crippen LogP contribution is -2.12. The Morgan fingerprint density at radius 3 is 3.17 bits per heavy atom. The van der Waals surface area contributed by atoms with E-state index >= 15 is 0 Å². The van der Waals surface area contributed by atoms with Gasteiger partial charge in [-0.15, -0.1) is 0 Å². The molecule has 0 bridgehead atoms. The molecule has 0 atom stereocenters. The number of amides is 1. The summed E-state index contributed by atoms with van der Waals surface area (Å²) in [4.78, 5) is 15.9. The molecule has 3 rings (SSSR count). The summed E-state index contributed by atoms with van der Waals surface area (Å²) < 4.78 is 1.75. The van der Waals surface area contributed by atoms with Crippen LogP contribution in [-0.2, 0) is 13.5 Å². The summed E-state index contributed by atoms with van der Waals surface area (Å²) in [7, 11) is 1.84. The maximum absolute atomic E-state index is 11.9. The monoisotopic (exact) mass is 242 g/mol. The molecule has 0 saturated heterocycles. The number of aromatic nitrogens is 2. The molecule has 2 aromatic rings. The molecule has 1 aliphatic rings. The van der Waals surface area contributed by atoms with Crippen LogP contribution in [-0.4, -0.2) is 22.0 Å². The van der Waals surface area contributed by atoms with E-state index in [0.29, 0.717) is 5.69 Å². The van der Waals surface area contributed by atoms with Crippen LogP contribution < -0.4 is 10.6 Å². The smallest absolute Gasteiger partial charge is 0.275 e. The fourth-order valence-corrected chi connectivity index (χ4v) is 2.11. The van der Waals surface area contributed by atoms with Gasteiger partial charge in [-0.3, -0.25) is 4.79 Å². The van der Waals surface area contributed by atoms with Gasteiger partial charge in [0.25, 0.3) is 5.91 Å². The van der Waals surface area contributed by atoms with E-state index in [9.17, 15) is 4.79 Å². The number of hydrogen-bond acceptors (Lipinski definition) is 3. The number of carbonyl (C=O) groups is 1. The molecule has 0 spiro atoms. The third-order valence-corrected chi connectivity index (χ3v) is 3.01. The summed E-state index contributed by atoms with van der Waals surface area (Å²) in [6.45, 7) is 0.965. The first kappa shape index (κ1) is 10.8. The lowest BCUT2D eigenvalue weighted by atomic mass is 10.1. The van der Waals surface area contributed by atoms with Crippen LogP contribution in [0.25, 0.3) is 0 Å². The molecule has 0 saturated carbocycles. The molecule has 0 unspecified atom stereocenters. The lowest BCUT2D eigenvalue weighted by Gasteiger charge is -2.05. The van der Waals surface area contributed by atoms with E-state index in [1.54, 1.807) is 17.1 Å². The quantitative estimate of drug-likeness (QED) is 0.841. The maximum Gasteiger partial charge on any atom is 0.275 e. The molecule has 1 amide bonds. The summed E-state index contributed by atoms with van der Waals surface area (Å²) in [6, 6.07) is 5.91. The molecular formula is C13H14N4O. The summed E-state index contributed by atoms with van der Waals surface area (Å²) in [5, 5.41) is 6.15. The normalized spacial score (nSPS) is 12.9. The Balaban J connectivity index is 1.78. The molecule has 2 N–H and O–H groups in total. The van der Waals surface area contributed by atoms with Crippen molar-refractivity contribution in [3.8, 4) is 0 Å². The van der Waals surface area contributed by atoms with E-state index in [1.807, 2.05) is 25.2 Å². The van der Waals surface area contributed by atoms with Gasteiger partial charge in [0.1, 0.15) is 5.69 Å². The van der Waals surface area contributed by atoms with E-state index in [0.717, 1.165) is 24.3 Å². The highest BCUT2D eigenvalue weighted by molar-refractivity contribution is 6.02. The van der Waals surface area contributed by atoms with Crippen LogP contribution in [0.4, 0.5) is 11.4 Å². The average molecular weight is 242 g/mol. The zero-order chi connectivity index (χ0) is 12.5. The van der Waals surface area contributed by atoms with Gasteiger partial charge in [0.05, 0.1) is 6.33 Å². The second-order valence-corrected chi connectivity index (χ2v) is 4.43. The van der Waals surface area contributed by atoms with E-state index in [1.165, 1.54) is 5.56 Å². The molecule has 0 radical (unpaired) electrons. The minimum atomic E-state index is -0.179. The number of imidazole rings is 1. The largest absolute Gasteiger partial charge is 0.384 e. The predicted octanol–water partition coefficient (Wildman–Crippen LogP) is 1.64. The first-order valence-electron chi connectivity index (χ1n) is 5.88. The first-order chi connectivity index (χ1) is 8.72. The van der Waals surface area contributed by atoms with Crippen LogP contribution in [0.5, 0.6) is 0 Å². The Hall–Kier alpha value is -2.30. The fraction of sp³-hybridized carbons (Fsp3) is 0.231. The Kier molecular flexibility index (Phi) is 2.51. The van der Waals surface area contributed by atoms with Gasteiger partial charge >= 0.3 is 0 Å². The zero-order valence-electron chi connectivity index (χ0n) is 10.1. The van der Waals surface area contributed by atoms with E-state index < -0.39 is 0 Å². The lowest BCUT2D eigenvalue weighted by molar-refractivity contribution is 0.102. The summed E-state index contributed by atoms with van der Waals surface area (Å²) in [5.41, 5.74) is 3.64. The average Bonchev–Trinajstić information content (AvgIpc) is 2.96. The molecule has 2 heterocycles. The van der Waals surface area contributed by atoms with Gasteiger partial charge in [0, 0.05) is 31.2 Å². The van der Waals surface area contributed by atoms with E-state index in [4.69, 9.17) is 0 Å². The molecule has 0 aliphatic carbocycles. The number of benzene rings is 1. The summed E-state index contributed by atoms with van der Waals surface area (Å²) in [6.07, 6.45) is 4.31. The van der Waals surface area contributed by atoms with Crippen molar-refractivity contribution in [2.45, 2.75) is 6.42 Å². The third-order valence-electron chi connectivity index (χ3n) is 3.01. The van der Waals surface area contributed by atoms with Crippen LogP contribution in [0.1, 0.15) is 16.1 Å². The number of nitrogens with one attached hydrogen (secondary N) is 2. The molecule has 1 aliphatic heterocycles. The van der Waals surface area contributed by atoms with Gasteiger partial charge in [0.2, 0.25) is 0 Å². The molecule has 1 aromatic carbocycles. The summed E-state index contributed by atoms with van der Waals surface area (Å²) >= 11 is 0. The second-order valence-electron chi connectivity index (χ2n) is 4.43. The SMILES string of the molecule is Cn1cnc(C(=O)Nc2ccc3c(c2)CCN3)c1. The third kappa shape index (κ3) is 1.95. The van der Waals surface area contributed by atoms with Crippen molar-refractivity contribution in [3.63, 3.8) is 0 Å². The molecule has 0 fully saturated rings. The minimum Gasteiger partial charge on any atom is -0.384 e. The number of fused-ring (bicyclic) bond motifs is 1. The number of anilines is 2. The number of rotatable bonds is 2. The molecule has 18 heavy (non-hydrogen) atoms. The van der Waals surface area contributed by atoms with Crippen molar-refractivity contribution < 1.29 is 4.79 Å². The predicted molar refractivity (Wildman–Crippen MR) is 69.8 cm³/mol. The van der Waals surface area contributed by atoms with Crippen LogP contribution in [0.3, 0.4) is 0 Å². The van der Waals surface area contributed by atoms with Gasteiger partial charge in [-0.2, -0.15) is 0 Å². The van der Waals surface area contributed by atoms with Gasteiger partial charge in [-0.25, -0.2) is 4.98 Å². The molecular weight excluding hydrogens is 228 g/mol. The Bertz CT molecular complexity index is 603. The molecule has 5 nitrogen and oxygen atoms in total. The van der Waals surface area contributed by atoms with Crippen molar-refractivity contribution in [3.05, 3.63) is 42.0 Å². The van der Waals surface area contributed by atoms with Gasteiger partial charge < -0.3 is 15.2 Å². The highest BCUT2D eigenvalue weighted by Crippen LogP contribution is 2.25. The topological polar surface area (TPSA) is 59.0 Å². The zero-order valence-corrected chi connectivity index (χ0v) is 10.1. The van der Waals surface area contributed by atoms with Crippen molar-refractivity contribution in [1.82, 2.24) is 9.55 Å². The Morgan fingerprint density at radius 2 is 2.39 bits per heavy atom. The highest BCUT2D eigenvalue weighted by atomic mass is 16.1. The molecule has 5 heteroatoms. The first-order valence-corrected chi connectivity index (χ1v) is 5.88. The van der Waals surface area contributed by atoms with Gasteiger partial charge in [0.15, 0.2) is 0 Å². The fourth-order valence-electron chi connectivity index (χ4n) is 2.11. The van der Waals surface area contributed by atoms with E-state index in [-0.39, 0.29) is 5.91 Å². The van der Waals surface area contributed by atoms with Gasteiger partial charge in [-0.1, -0.05) is 0 Å². The number of hydrogen-bond donors (Lipinski definition) is 2. The molecule has 1 aromatic heterocycles. The maximum atomic E-state index is 11.9. The van der Waals surface area contributed by atoms with Crippen molar-refractivity contribution in [1.29, 1.82) is 0 Å². The van der Waals surface area contributed by atoms with Crippen LogP contribution in [0.2, 0.25) is 0 Å². The van der Waals surface area contributed by atoms with Crippen molar-refractivity contribution in [2.75, 3.05) is 17.2 Å². The standard InChI is InChI=1S/C13H14N4O/c1-17-7-12(15-8-17)13(18)16-10-2-3-11-9(6-10)4-5-14-11/h2-3,6-8,14H,4-5H2,1H3,(H,16,18). The molecule has 92 valence electrons. The van der Waals surface area contributed by atoms with Crippen LogP contribution >= 0.6 is 0 Å². The van der Waals surface area contributed by atoms with Crippen molar-refractivity contribution >= 4 is 17.3 Å². The number of carbonyl (C=O) groups excluding carboxylic acids is 1. The highest BCUT2D eigenvalue weighted by Gasteiger charge is 2.12.